The summed E-state index contributed by atoms with van der Waals surface area (Å²) in [6.07, 6.45) is 2.42. The highest BCUT2D eigenvalue weighted by Crippen LogP contribution is 2.25. The van der Waals surface area contributed by atoms with E-state index in [1.165, 1.54) is 5.56 Å². The van der Waals surface area contributed by atoms with Gasteiger partial charge in [0.25, 0.3) is 0 Å². The number of hydrogen-bond donors (Lipinski definition) is 1. The predicted molar refractivity (Wildman–Crippen MR) is 101 cm³/mol. The van der Waals surface area contributed by atoms with E-state index in [1.807, 2.05) is 12.1 Å². The monoisotopic (exact) mass is 386 g/mol. The minimum absolute atomic E-state index is 0.0122. The first-order valence-electron chi connectivity index (χ1n) is 9.84. The molecular formula is C19H26N6O3. The Labute approximate surface area is 164 Å². The van der Waals surface area contributed by atoms with E-state index in [-0.39, 0.29) is 5.91 Å². The van der Waals surface area contributed by atoms with E-state index in [4.69, 9.17) is 9.47 Å². The highest BCUT2D eigenvalue weighted by Gasteiger charge is 2.16. The van der Waals surface area contributed by atoms with Crippen molar-refractivity contribution in [3.63, 3.8) is 0 Å². The van der Waals surface area contributed by atoms with E-state index < -0.39 is 0 Å². The number of tetrazole rings is 1. The second-order valence-corrected chi connectivity index (χ2v) is 7.13. The lowest BCUT2D eigenvalue weighted by molar-refractivity contribution is -0.121. The number of carbonyl (C=O) groups excluding carboxylic acids is 1. The van der Waals surface area contributed by atoms with Gasteiger partial charge in [-0.05, 0) is 40.5 Å². The minimum atomic E-state index is -0.0122. The Kier molecular flexibility index (Phi) is 6.13. The maximum atomic E-state index is 12.3. The van der Waals surface area contributed by atoms with Gasteiger partial charge in [-0.25, -0.2) is 4.68 Å². The fourth-order valence-corrected chi connectivity index (χ4v) is 3.49. The molecule has 1 aromatic carbocycles. The number of aromatic nitrogens is 4. The third kappa shape index (κ3) is 4.85. The third-order valence-electron chi connectivity index (χ3n) is 5.09. The maximum Gasteiger partial charge on any atom is 0.222 e. The Morgan fingerprint density at radius 2 is 2.11 bits per heavy atom. The number of ether oxygens (including phenoxy) is 2. The van der Waals surface area contributed by atoms with Crippen molar-refractivity contribution in [1.82, 2.24) is 30.4 Å². The van der Waals surface area contributed by atoms with Crippen LogP contribution in [0.15, 0.2) is 18.2 Å². The summed E-state index contributed by atoms with van der Waals surface area (Å²) in [6, 6.07) is 6.12. The van der Waals surface area contributed by atoms with E-state index in [9.17, 15) is 4.79 Å². The number of rotatable bonds is 7. The van der Waals surface area contributed by atoms with Gasteiger partial charge in [0.2, 0.25) is 5.91 Å². The van der Waals surface area contributed by atoms with E-state index in [0.29, 0.717) is 26.1 Å². The van der Waals surface area contributed by atoms with Crippen LogP contribution in [0.2, 0.25) is 0 Å². The Balaban J connectivity index is 1.24. The van der Waals surface area contributed by atoms with Gasteiger partial charge in [-0.2, -0.15) is 0 Å². The highest BCUT2D eigenvalue weighted by molar-refractivity contribution is 5.75. The van der Waals surface area contributed by atoms with E-state index in [2.05, 4.69) is 31.8 Å². The molecule has 0 spiro atoms. The number of benzene rings is 1. The molecule has 0 radical (unpaired) electrons. The van der Waals surface area contributed by atoms with Crippen molar-refractivity contribution < 1.29 is 14.3 Å². The van der Waals surface area contributed by atoms with Gasteiger partial charge in [0, 0.05) is 26.1 Å². The lowest BCUT2D eigenvalue weighted by Crippen LogP contribution is -2.36. The zero-order chi connectivity index (χ0) is 19.2. The summed E-state index contributed by atoms with van der Waals surface area (Å²) in [6.45, 7) is 5.66. The van der Waals surface area contributed by atoms with Crippen molar-refractivity contribution >= 4 is 5.91 Å². The molecule has 0 bridgehead atoms. The van der Waals surface area contributed by atoms with Crippen molar-refractivity contribution in [3.8, 4) is 5.75 Å². The molecular weight excluding hydrogens is 360 g/mol. The molecule has 0 aliphatic carbocycles. The van der Waals surface area contributed by atoms with Gasteiger partial charge in [-0.3, -0.25) is 9.69 Å². The number of carbonyl (C=O) groups is 1. The van der Waals surface area contributed by atoms with Gasteiger partial charge in [0.1, 0.15) is 5.75 Å². The molecule has 9 heteroatoms. The molecule has 2 aliphatic rings. The minimum Gasteiger partial charge on any atom is -0.493 e. The molecule has 0 atom stereocenters. The summed E-state index contributed by atoms with van der Waals surface area (Å²) in [4.78, 5) is 14.5. The number of fused-ring (bicyclic) bond motifs is 1. The first-order valence-corrected chi connectivity index (χ1v) is 9.84. The number of morpholine rings is 1. The maximum absolute atomic E-state index is 12.3. The summed E-state index contributed by atoms with van der Waals surface area (Å²) in [5.74, 6) is 1.74. The summed E-state index contributed by atoms with van der Waals surface area (Å²) in [7, 11) is 0. The smallest absolute Gasteiger partial charge is 0.222 e. The van der Waals surface area contributed by atoms with Crippen LogP contribution in [0, 0.1) is 0 Å². The quantitative estimate of drug-likeness (QED) is 0.742. The van der Waals surface area contributed by atoms with E-state index in [0.717, 1.165) is 62.9 Å². The summed E-state index contributed by atoms with van der Waals surface area (Å²) in [5, 5.41) is 14.9. The number of nitrogens with one attached hydrogen (secondary N) is 1. The van der Waals surface area contributed by atoms with Crippen LogP contribution >= 0.6 is 0 Å². The van der Waals surface area contributed by atoms with Crippen molar-refractivity contribution in [1.29, 1.82) is 0 Å². The lowest BCUT2D eigenvalue weighted by atomic mass is 10.0. The number of hydrogen-bond acceptors (Lipinski definition) is 7. The third-order valence-corrected chi connectivity index (χ3v) is 5.09. The Hall–Kier alpha value is -2.52. The summed E-state index contributed by atoms with van der Waals surface area (Å²) in [5.41, 5.74) is 2.31. The summed E-state index contributed by atoms with van der Waals surface area (Å²) < 4.78 is 12.7. The predicted octanol–water partition coefficient (Wildman–Crippen LogP) is 0.537. The van der Waals surface area contributed by atoms with Gasteiger partial charge in [-0.1, -0.05) is 12.1 Å². The molecule has 28 heavy (non-hydrogen) atoms. The van der Waals surface area contributed by atoms with Crippen molar-refractivity contribution in [3.05, 3.63) is 35.2 Å². The lowest BCUT2D eigenvalue weighted by Gasteiger charge is -2.25. The number of aryl methyl sites for hydroxylation is 2. The van der Waals surface area contributed by atoms with Crippen molar-refractivity contribution in [2.24, 2.45) is 0 Å². The van der Waals surface area contributed by atoms with Crippen LogP contribution < -0.4 is 10.1 Å². The van der Waals surface area contributed by atoms with Crippen molar-refractivity contribution in [2.75, 3.05) is 32.9 Å². The SMILES string of the molecule is O=C(CCn1nnnc1CN1CCOCC1)NCc1ccc2c(c1)CCCO2. The van der Waals surface area contributed by atoms with Crippen molar-refractivity contribution in [2.45, 2.75) is 38.9 Å². The molecule has 0 unspecified atom stereocenters. The fourth-order valence-electron chi connectivity index (χ4n) is 3.49. The second-order valence-electron chi connectivity index (χ2n) is 7.13. The molecule has 9 nitrogen and oxygen atoms in total. The molecule has 1 aromatic heterocycles. The molecule has 2 aliphatic heterocycles. The second kappa shape index (κ2) is 9.11. The topological polar surface area (TPSA) is 94.4 Å². The van der Waals surface area contributed by atoms with Gasteiger partial charge in [0.05, 0.1) is 32.9 Å². The molecule has 1 saturated heterocycles. The largest absolute Gasteiger partial charge is 0.493 e. The first kappa shape index (κ1) is 18.8. The Bertz CT molecular complexity index is 803. The molecule has 1 fully saturated rings. The molecule has 2 aromatic rings. The van der Waals surface area contributed by atoms with Crippen LogP contribution in [0.1, 0.15) is 29.8 Å². The van der Waals surface area contributed by atoms with Crippen LogP contribution in [0.4, 0.5) is 0 Å². The number of nitrogens with zero attached hydrogens (tertiary/aromatic N) is 5. The van der Waals surface area contributed by atoms with Crippen LogP contribution in [-0.2, 0) is 35.6 Å². The van der Waals surface area contributed by atoms with Crippen LogP contribution in [0.25, 0.3) is 0 Å². The fraction of sp³-hybridized carbons (Fsp3) is 0.579. The normalized spacial score (nSPS) is 17.0. The highest BCUT2D eigenvalue weighted by atomic mass is 16.5. The average molecular weight is 386 g/mol. The molecule has 0 saturated carbocycles. The van der Waals surface area contributed by atoms with E-state index >= 15 is 0 Å². The van der Waals surface area contributed by atoms with Gasteiger partial charge in [-0.15, -0.1) is 5.10 Å². The molecule has 3 heterocycles. The van der Waals surface area contributed by atoms with Crippen LogP contribution in [0.3, 0.4) is 0 Å². The molecule has 150 valence electrons. The van der Waals surface area contributed by atoms with Crippen LogP contribution in [0.5, 0.6) is 5.75 Å². The Morgan fingerprint density at radius 1 is 1.21 bits per heavy atom. The molecule has 1 N–H and O–H groups in total. The summed E-state index contributed by atoms with van der Waals surface area (Å²) >= 11 is 0. The Morgan fingerprint density at radius 3 is 3.00 bits per heavy atom. The number of amides is 1. The van der Waals surface area contributed by atoms with E-state index in [1.54, 1.807) is 4.68 Å². The van der Waals surface area contributed by atoms with Gasteiger partial charge >= 0.3 is 0 Å². The average Bonchev–Trinajstić information content (AvgIpc) is 3.18. The standard InChI is InChI=1S/C19H26N6O3/c26-19(20-13-15-3-4-17-16(12-15)2-1-9-28-17)5-6-25-18(21-22-23-25)14-24-7-10-27-11-8-24/h3-4,12H,1-2,5-11,13-14H2,(H,20,26). The van der Waals surface area contributed by atoms with Gasteiger partial charge < -0.3 is 14.8 Å². The zero-order valence-corrected chi connectivity index (χ0v) is 16.0. The molecule has 1 amide bonds. The van der Waals surface area contributed by atoms with Crippen LogP contribution in [-0.4, -0.2) is 63.9 Å². The molecule has 4 rings (SSSR count). The first-order chi connectivity index (χ1) is 13.8. The van der Waals surface area contributed by atoms with Gasteiger partial charge in [0.15, 0.2) is 5.82 Å². The zero-order valence-electron chi connectivity index (χ0n) is 16.0.